The minimum atomic E-state index is -0.0160. The third kappa shape index (κ3) is 4.22. The third-order valence-electron chi connectivity index (χ3n) is 5.09. The lowest BCUT2D eigenvalue weighted by Gasteiger charge is -2.28. The van der Waals surface area contributed by atoms with Gasteiger partial charge in [-0.15, -0.1) is 0 Å². The molecule has 1 heterocycles. The van der Waals surface area contributed by atoms with Gasteiger partial charge in [-0.3, -0.25) is 4.79 Å². The molecule has 1 aliphatic rings. The molecule has 1 fully saturated rings. The van der Waals surface area contributed by atoms with Crippen molar-refractivity contribution in [2.24, 2.45) is 0 Å². The van der Waals surface area contributed by atoms with Crippen molar-refractivity contribution in [2.75, 3.05) is 18.0 Å². The van der Waals surface area contributed by atoms with Crippen molar-refractivity contribution in [3.63, 3.8) is 0 Å². The quantitative estimate of drug-likeness (QED) is 0.871. The molecule has 1 atom stereocenters. The molecule has 0 spiro atoms. The monoisotopic (exact) mass is 336 g/mol. The van der Waals surface area contributed by atoms with Crippen LogP contribution in [0.1, 0.15) is 59.3 Å². The molecule has 0 saturated carbocycles. The molecular formula is C22H28N2O. The van der Waals surface area contributed by atoms with Crippen LogP contribution in [0.2, 0.25) is 0 Å². The summed E-state index contributed by atoms with van der Waals surface area (Å²) in [5.41, 5.74) is 5.57. The number of aryl methyl sites for hydroxylation is 2. The van der Waals surface area contributed by atoms with E-state index in [0.717, 1.165) is 18.7 Å². The molecular weight excluding hydrogens is 308 g/mol. The number of rotatable bonds is 4. The number of carbonyl (C=O) groups is 1. The number of anilines is 1. The van der Waals surface area contributed by atoms with Crippen molar-refractivity contribution in [1.29, 1.82) is 0 Å². The number of hydrogen-bond acceptors (Lipinski definition) is 2. The Kier molecular flexibility index (Phi) is 5.42. The van der Waals surface area contributed by atoms with E-state index in [0.29, 0.717) is 0 Å². The highest BCUT2D eigenvalue weighted by atomic mass is 16.1. The van der Waals surface area contributed by atoms with Crippen LogP contribution >= 0.6 is 0 Å². The van der Waals surface area contributed by atoms with Crippen LogP contribution in [0.5, 0.6) is 0 Å². The van der Waals surface area contributed by atoms with Crippen LogP contribution in [0.25, 0.3) is 0 Å². The lowest BCUT2D eigenvalue weighted by molar-refractivity contribution is 0.0940. The Hall–Kier alpha value is -2.29. The van der Waals surface area contributed by atoms with Crippen molar-refractivity contribution in [3.05, 3.63) is 64.7 Å². The Morgan fingerprint density at radius 3 is 2.32 bits per heavy atom. The minimum Gasteiger partial charge on any atom is -0.372 e. The number of benzene rings is 2. The average Bonchev–Trinajstić information content (AvgIpc) is 2.62. The number of nitrogens with one attached hydrogen (secondary N) is 1. The number of nitrogens with zero attached hydrogens (tertiary/aromatic N) is 1. The van der Waals surface area contributed by atoms with Gasteiger partial charge < -0.3 is 10.2 Å². The molecule has 3 rings (SSSR count). The van der Waals surface area contributed by atoms with Crippen LogP contribution in [0.3, 0.4) is 0 Å². The Labute approximate surface area is 151 Å². The van der Waals surface area contributed by atoms with Crippen LogP contribution < -0.4 is 10.2 Å². The SMILES string of the molecule is Cc1ccc([C@H](C)NC(=O)c2ccc(N3CCCCC3)cc2)c(C)c1. The molecule has 3 nitrogen and oxygen atoms in total. The maximum Gasteiger partial charge on any atom is 0.251 e. The molecule has 0 aliphatic carbocycles. The number of amides is 1. The first-order chi connectivity index (χ1) is 12.0. The molecule has 1 amide bonds. The van der Waals surface area contributed by atoms with Gasteiger partial charge in [0.15, 0.2) is 0 Å². The van der Waals surface area contributed by atoms with Gasteiger partial charge in [0.1, 0.15) is 0 Å². The fourth-order valence-corrected chi connectivity index (χ4v) is 3.64. The van der Waals surface area contributed by atoms with E-state index in [-0.39, 0.29) is 11.9 Å². The molecule has 0 unspecified atom stereocenters. The van der Waals surface area contributed by atoms with Gasteiger partial charge in [0.25, 0.3) is 5.91 Å². The summed E-state index contributed by atoms with van der Waals surface area (Å²) >= 11 is 0. The second-order valence-corrected chi connectivity index (χ2v) is 7.15. The topological polar surface area (TPSA) is 32.3 Å². The maximum absolute atomic E-state index is 12.6. The van der Waals surface area contributed by atoms with Crippen molar-refractivity contribution in [3.8, 4) is 0 Å². The minimum absolute atomic E-state index is 0.00475. The van der Waals surface area contributed by atoms with E-state index in [2.05, 4.69) is 54.4 Å². The van der Waals surface area contributed by atoms with Gasteiger partial charge in [-0.1, -0.05) is 23.8 Å². The molecule has 25 heavy (non-hydrogen) atoms. The van der Waals surface area contributed by atoms with Gasteiger partial charge in [0.05, 0.1) is 6.04 Å². The molecule has 0 aromatic heterocycles. The maximum atomic E-state index is 12.6. The van der Waals surface area contributed by atoms with E-state index in [1.54, 1.807) is 0 Å². The van der Waals surface area contributed by atoms with E-state index in [1.165, 1.54) is 41.6 Å². The van der Waals surface area contributed by atoms with Gasteiger partial charge in [0.2, 0.25) is 0 Å². The zero-order chi connectivity index (χ0) is 17.8. The lowest BCUT2D eigenvalue weighted by Crippen LogP contribution is -2.29. The first-order valence-electron chi connectivity index (χ1n) is 9.27. The molecule has 1 N–H and O–H groups in total. The molecule has 2 aromatic carbocycles. The largest absolute Gasteiger partial charge is 0.372 e. The number of hydrogen-bond donors (Lipinski definition) is 1. The highest BCUT2D eigenvalue weighted by Gasteiger charge is 2.15. The lowest BCUT2D eigenvalue weighted by atomic mass is 10.00. The van der Waals surface area contributed by atoms with E-state index in [9.17, 15) is 4.79 Å². The summed E-state index contributed by atoms with van der Waals surface area (Å²) in [6.45, 7) is 8.46. The molecule has 1 aliphatic heterocycles. The Bertz CT molecular complexity index is 730. The van der Waals surface area contributed by atoms with Crippen LogP contribution in [0, 0.1) is 13.8 Å². The standard InChI is InChI=1S/C22H28N2O/c1-16-7-12-21(17(2)15-16)18(3)23-22(25)19-8-10-20(11-9-19)24-13-5-4-6-14-24/h7-12,15,18H,4-6,13-14H2,1-3H3,(H,23,25)/t18-/m0/s1. The van der Waals surface area contributed by atoms with Crippen LogP contribution in [-0.2, 0) is 0 Å². The smallest absolute Gasteiger partial charge is 0.251 e. The normalized spacial score (nSPS) is 15.7. The third-order valence-corrected chi connectivity index (χ3v) is 5.09. The molecule has 0 bridgehead atoms. The summed E-state index contributed by atoms with van der Waals surface area (Å²) in [6, 6.07) is 14.4. The molecule has 132 valence electrons. The van der Waals surface area contributed by atoms with E-state index in [4.69, 9.17) is 0 Å². The van der Waals surface area contributed by atoms with Gasteiger partial charge in [-0.2, -0.15) is 0 Å². The van der Waals surface area contributed by atoms with Crippen LogP contribution in [-0.4, -0.2) is 19.0 Å². The summed E-state index contributed by atoms with van der Waals surface area (Å²) in [6.07, 6.45) is 3.85. The number of carbonyl (C=O) groups excluding carboxylic acids is 1. The molecule has 3 heteroatoms. The summed E-state index contributed by atoms with van der Waals surface area (Å²) in [5, 5.41) is 3.12. The molecule has 2 aromatic rings. The van der Waals surface area contributed by atoms with Crippen molar-refractivity contribution in [1.82, 2.24) is 5.32 Å². The van der Waals surface area contributed by atoms with Crippen molar-refractivity contribution >= 4 is 11.6 Å². The first kappa shape index (κ1) is 17.5. The second-order valence-electron chi connectivity index (χ2n) is 7.15. The van der Waals surface area contributed by atoms with E-state index in [1.807, 2.05) is 19.1 Å². The van der Waals surface area contributed by atoms with Crippen LogP contribution in [0.4, 0.5) is 5.69 Å². The second kappa shape index (κ2) is 7.73. The highest BCUT2D eigenvalue weighted by Crippen LogP contribution is 2.22. The fraction of sp³-hybridized carbons (Fsp3) is 0.409. The predicted molar refractivity (Wildman–Crippen MR) is 104 cm³/mol. The zero-order valence-corrected chi connectivity index (χ0v) is 15.5. The molecule has 1 saturated heterocycles. The van der Waals surface area contributed by atoms with E-state index >= 15 is 0 Å². The van der Waals surface area contributed by atoms with Gasteiger partial charge >= 0.3 is 0 Å². The fourth-order valence-electron chi connectivity index (χ4n) is 3.64. The number of piperidine rings is 1. The van der Waals surface area contributed by atoms with Gasteiger partial charge in [-0.05, 0) is 75.4 Å². The Morgan fingerprint density at radius 2 is 1.68 bits per heavy atom. The Balaban J connectivity index is 1.66. The van der Waals surface area contributed by atoms with Gasteiger partial charge in [0, 0.05) is 24.3 Å². The Morgan fingerprint density at radius 1 is 1.00 bits per heavy atom. The summed E-state index contributed by atoms with van der Waals surface area (Å²) in [5.74, 6) is -0.0160. The summed E-state index contributed by atoms with van der Waals surface area (Å²) < 4.78 is 0. The van der Waals surface area contributed by atoms with Gasteiger partial charge in [-0.25, -0.2) is 0 Å². The molecule has 0 radical (unpaired) electrons. The van der Waals surface area contributed by atoms with Crippen molar-refractivity contribution in [2.45, 2.75) is 46.1 Å². The van der Waals surface area contributed by atoms with Crippen LogP contribution in [0.15, 0.2) is 42.5 Å². The van der Waals surface area contributed by atoms with E-state index < -0.39 is 0 Å². The zero-order valence-electron chi connectivity index (χ0n) is 15.5. The highest BCUT2D eigenvalue weighted by molar-refractivity contribution is 5.94. The van der Waals surface area contributed by atoms with Crippen molar-refractivity contribution < 1.29 is 4.79 Å². The predicted octanol–water partition coefficient (Wildman–Crippen LogP) is 4.78. The average molecular weight is 336 g/mol. The summed E-state index contributed by atoms with van der Waals surface area (Å²) in [7, 11) is 0. The first-order valence-corrected chi connectivity index (χ1v) is 9.27. The summed E-state index contributed by atoms with van der Waals surface area (Å²) in [4.78, 5) is 15.0.